The third-order valence-corrected chi connectivity index (χ3v) is 24.3. The van der Waals surface area contributed by atoms with Gasteiger partial charge in [0.2, 0.25) is 11.8 Å². The standard InChI is InChI=1S/C34H46ClN3O10.C24H32O4.C18H22O4.C5H11Cl2N.2ClH/c1-18-11-10-12-26(45-9)34(43)17-25(46-32(42)36-34)19(2)30-33(5,48-30)27(47-31(41)20(3)37(6)21(4)39)16-28(40)38(7)23-14-22(13-18)15-24(44-8)29(23)35;1-14-12-18-19(22(4)9-6-17(27)13-21(14)22)7-10-23(5)20(18)8-11-24(23,15(2)25)28-16(3)26;1-11(7-13-3-5-15(19)17(21)9-13)12(2)8-14-4-6-16(20)18(22)10-14;1-8(4-2-6)5-3-7;;/h10-12,14-15,19-20,25-27,30,43H,13,16-17H2,1-9H3,(H,36,42);12-13,18-20H,6-11H2,1-5H3;3-6,9-12,19-22H,7-8H2,1-2H3;2-5H2,1H3;2*1H/b12-10-,18-11-;;;;;/t19-,20+,25+,26-,27+,30+,33+,34+;18-,19+,20+,22-,23+,24+;11-,12+;;;/m11..../s1. The van der Waals surface area contributed by atoms with Crippen LogP contribution in [0.1, 0.15) is 151 Å². The number of carbonyl (C=O) groups excluding carboxylic acids is 7. The van der Waals surface area contributed by atoms with E-state index in [2.05, 4.69) is 50.9 Å². The van der Waals surface area contributed by atoms with Gasteiger partial charge in [0, 0.05) is 84.1 Å². The van der Waals surface area contributed by atoms with E-state index < -0.39 is 71.3 Å². The quantitative estimate of drug-likeness (QED) is 0.0255. The molecule has 3 aromatic rings. The summed E-state index contributed by atoms with van der Waals surface area (Å²) in [6.07, 6.45) is 11.8. The number of nitrogens with one attached hydrogen (secondary N) is 1. The number of allylic oxidation sites excluding steroid dienone is 7. The summed E-state index contributed by atoms with van der Waals surface area (Å²) in [6, 6.07) is 12.4. The molecule has 3 aromatic carbocycles. The molecule has 10 rings (SSSR count). The fourth-order valence-corrected chi connectivity index (χ4v) is 17.6. The average molecular weight is 1610 g/mol. The van der Waals surface area contributed by atoms with Crippen LogP contribution in [-0.2, 0) is 71.7 Å². The van der Waals surface area contributed by atoms with Crippen molar-refractivity contribution in [2.45, 2.75) is 201 Å². The molecule has 2 saturated carbocycles. The Morgan fingerprint density at radius 1 is 0.815 bits per heavy atom. The zero-order chi connectivity index (χ0) is 78.9. The summed E-state index contributed by atoms with van der Waals surface area (Å²) in [5.41, 5.74) is 2.23. The lowest BCUT2D eigenvalue weighted by atomic mass is 9.47. The largest absolute Gasteiger partial charge is 0.504 e. The molecule has 4 aliphatic carbocycles. The van der Waals surface area contributed by atoms with E-state index in [0.717, 1.165) is 73.9 Å². The Morgan fingerprint density at radius 2 is 1.40 bits per heavy atom. The predicted molar refractivity (Wildman–Crippen MR) is 422 cm³/mol. The van der Waals surface area contributed by atoms with Gasteiger partial charge in [-0.3, -0.25) is 29.3 Å². The highest BCUT2D eigenvalue weighted by atomic mass is 35.5. The number of ketones is 2. The van der Waals surface area contributed by atoms with Gasteiger partial charge >= 0.3 is 18.0 Å². The Balaban J connectivity index is 0.000000294. The second-order valence-corrected chi connectivity index (χ2v) is 31.9. The number of halogens is 5. The molecule has 3 amide bonds. The third kappa shape index (κ3) is 20.9. The lowest BCUT2D eigenvalue weighted by Crippen LogP contribution is -2.63. The highest BCUT2D eigenvalue weighted by Gasteiger charge is 2.68. The number of ether oxygens (including phenoxy) is 6. The molecule has 6 N–H and O–H groups in total. The van der Waals surface area contributed by atoms with Gasteiger partial charge in [-0.05, 0) is 193 Å². The zero-order valence-corrected chi connectivity index (χ0v) is 69.2. The summed E-state index contributed by atoms with van der Waals surface area (Å²) in [5.74, 6) is 1.09. The van der Waals surface area contributed by atoms with Gasteiger partial charge in [0.1, 0.15) is 40.7 Å². The number of rotatable bonds is 16. The highest BCUT2D eigenvalue weighted by Crippen LogP contribution is 2.68. The van der Waals surface area contributed by atoms with E-state index in [0.29, 0.717) is 72.0 Å². The number of methoxy groups -OCH3 is 2. The fourth-order valence-electron chi connectivity index (χ4n) is 16.7. The summed E-state index contributed by atoms with van der Waals surface area (Å²) >= 11 is 17.6. The van der Waals surface area contributed by atoms with Gasteiger partial charge in [-0.1, -0.05) is 93.8 Å². The first-order chi connectivity index (χ1) is 49.7. The van der Waals surface area contributed by atoms with Crippen LogP contribution in [0.4, 0.5) is 10.5 Å². The number of phenols is 4. The number of hydrogen-bond acceptors (Lipinski definition) is 19. The molecule has 0 unspecified atom stereocenters. The van der Waals surface area contributed by atoms with Crippen LogP contribution in [0.25, 0.3) is 0 Å². The van der Waals surface area contributed by atoms with E-state index in [1.54, 1.807) is 64.2 Å². The topological polar surface area (TPSA) is 301 Å². The van der Waals surface area contributed by atoms with Gasteiger partial charge in [0.05, 0.1) is 25.3 Å². The minimum atomic E-state index is -1.81. The van der Waals surface area contributed by atoms with Crippen molar-refractivity contribution in [3.8, 4) is 28.7 Å². The number of esters is 2. The van der Waals surface area contributed by atoms with Gasteiger partial charge in [0.15, 0.2) is 45.9 Å². The summed E-state index contributed by atoms with van der Waals surface area (Å²) in [5, 5.41) is 52.1. The van der Waals surface area contributed by atoms with E-state index in [-0.39, 0.29) is 99.9 Å². The minimum absolute atomic E-state index is 0. The maximum atomic E-state index is 14.0. The number of aliphatic hydroxyl groups is 1. The van der Waals surface area contributed by atoms with Crippen LogP contribution in [0.2, 0.25) is 5.02 Å². The van der Waals surface area contributed by atoms with Gasteiger partial charge in [0.25, 0.3) is 0 Å². The Bertz CT molecular complexity index is 3790. The van der Waals surface area contributed by atoms with Crippen molar-refractivity contribution in [3.05, 3.63) is 117 Å². The summed E-state index contributed by atoms with van der Waals surface area (Å²) < 4.78 is 34.7. The van der Waals surface area contributed by atoms with Gasteiger partial charge < -0.3 is 68.7 Å². The third-order valence-electron chi connectivity index (χ3n) is 23.6. The summed E-state index contributed by atoms with van der Waals surface area (Å²) in [6.45, 7) is 24.0. The van der Waals surface area contributed by atoms with E-state index in [1.807, 2.05) is 38.3 Å². The number of alkyl carbamates (subject to hydrolysis) is 1. The first-order valence-corrected chi connectivity index (χ1v) is 37.9. The molecule has 3 heterocycles. The number of hydrogen-bond donors (Lipinski definition) is 6. The highest BCUT2D eigenvalue weighted by molar-refractivity contribution is 6.35. The molecule has 0 spiro atoms. The maximum absolute atomic E-state index is 14.0. The van der Waals surface area contributed by atoms with Crippen LogP contribution in [0.3, 0.4) is 0 Å². The van der Waals surface area contributed by atoms with Crippen LogP contribution in [0.15, 0.2) is 95.6 Å². The first kappa shape index (κ1) is 92.0. The number of Topliss-reactive ketones (excluding diaryl/α,β-unsaturated/α-hetero) is 1. The van der Waals surface area contributed by atoms with E-state index in [1.165, 1.54) is 75.1 Å². The molecule has 0 radical (unpaired) electrons. The van der Waals surface area contributed by atoms with Crippen molar-refractivity contribution >= 4 is 107 Å². The molecule has 7 aliphatic rings. The maximum Gasteiger partial charge on any atom is 0.409 e. The normalized spacial score (nSPS) is 29.9. The monoisotopic (exact) mass is 1600 g/mol. The van der Waals surface area contributed by atoms with Crippen LogP contribution in [0.5, 0.6) is 28.7 Å². The van der Waals surface area contributed by atoms with Crippen molar-refractivity contribution in [1.29, 1.82) is 0 Å². The number of amides is 3. The van der Waals surface area contributed by atoms with Crippen molar-refractivity contribution in [1.82, 2.24) is 15.1 Å². The number of carbonyl (C=O) groups is 7. The number of likely N-dealkylation sites (N-methyl/N-ethyl adjacent to an activating group) is 1. The zero-order valence-electron chi connectivity index (χ0n) is 65.3. The van der Waals surface area contributed by atoms with Gasteiger partial charge in [-0.15, -0.1) is 48.0 Å². The molecular formula is C81H113Cl5N4O18. The van der Waals surface area contributed by atoms with Gasteiger partial charge in [-0.2, -0.15) is 0 Å². The van der Waals surface area contributed by atoms with E-state index in [4.69, 9.17) is 63.2 Å². The van der Waals surface area contributed by atoms with Gasteiger partial charge in [-0.25, -0.2) is 9.59 Å². The Hall–Kier alpha value is -6.60. The SMILES string of the molecule is CC(=O)O[C@]1(C(C)=O)CC[C@H]2[C@@H]3C=C(C)C4=CC(=O)CC[C@]4(C)[C@H]3CC[C@@]21C.CN(CCCl)CCCl.COc1cc2cc(c1Cl)N(C)C(=O)C[C@H](OC(=O)[C@H](C)N(C)C(C)=O)[C@]1(C)O[C@H]1[C@H](C)[C@@H]1C[C@@](O)(NC(=O)O1)[C@H](OC)/C=C\C=C(\C)C2.C[C@H](Cc1ccc(O)c(O)c1)[C@@H](C)Cc1ccc(O)c(O)c1.Cl.Cl. The summed E-state index contributed by atoms with van der Waals surface area (Å²) in [4.78, 5) is 93.6. The second-order valence-electron chi connectivity index (χ2n) is 30.8. The number of benzene rings is 3. The average Bonchev–Trinajstić information content (AvgIpc) is 1.44. The molecule has 0 aromatic heterocycles. The Kier molecular flexibility index (Phi) is 32.8. The fraction of sp³-hybridized carbons (Fsp3) is 0.593. The van der Waals surface area contributed by atoms with Crippen LogP contribution >= 0.6 is 59.6 Å². The molecular weight excluding hydrogens is 1490 g/mol. The lowest BCUT2D eigenvalue weighted by molar-refractivity contribution is -0.185. The van der Waals surface area contributed by atoms with E-state index >= 15 is 0 Å². The summed E-state index contributed by atoms with van der Waals surface area (Å²) in [7, 11) is 7.97. The Labute approximate surface area is 664 Å². The molecule has 2 saturated heterocycles. The molecule has 3 aliphatic heterocycles. The van der Waals surface area contributed by atoms with Crippen molar-refractivity contribution in [3.63, 3.8) is 0 Å². The minimum Gasteiger partial charge on any atom is -0.504 e. The molecule has 4 bridgehead atoms. The number of anilines is 1. The number of nitrogens with zero attached hydrogens (tertiary/aromatic N) is 3. The van der Waals surface area contributed by atoms with Crippen LogP contribution < -0.4 is 15.0 Å². The number of aromatic hydroxyl groups is 4. The Morgan fingerprint density at radius 3 is 1.93 bits per heavy atom. The molecule has 600 valence electrons. The second kappa shape index (κ2) is 38.6. The van der Waals surface area contributed by atoms with Crippen molar-refractivity contribution < 1.29 is 87.5 Å². The smallest absolute Gasteiger partial charge is 0.409 e. The lowest BCUT2D eigenvalue weighted by Gasteiger charge is -2.58. The number of fused-ring (bicyclic) bond motifs is 10. The molecule has 22 nitrogen and oxygen atoms in total. The van der Waals surface area contributed by atoms with Crippen LogP contribution in [0, 0.1) is 46.3 Å². The number of alkyl halides is 2. The van der Waals surface area contributed by atoms with Crippen molar-refractivity contribution in [2.75, 3.05) is 65.1 Å². The molecule has 4 fully saturated rings. The number of epoxide rings is 1. The number of phenolic OH excluding ortho intramolecular Hbond substituents is 4. The molecule has 27 heteroatoms. The van der Waals surface area contributed by atoms with Crippen molar-refractivity contribution in [2.24, 2.45) is 46.3 Å². The van der Waals surface area contributed by atoms with E-state index in [9.17, 15) is 59.1 Å². The van der Waals surface area contributed by atoms with Crippen LogP contribution in [-0.4, -0.2) is 184 Å². The predicted octanol–water partition coefficient (Wildman–Crippen LogP) is 13.9. The molecule has 108 heavy (non-hydrogen) atoms. The first-order valence-electron chi connectivity index (χ1n) is 36.5. The molecule has 16 atom stereocenters.